The predicted octanol–water partition coefficient (Wildman–Crippen LogP) is 6.20. The number of carbonyl (C=O) groups excluding carboxylic acids is 1. The van der Waals surface area contributed by atoms with Crippen molar-refractivity contribution in [3.05, 3.63) is 155 Å². The van der Waals surface area contributed by atoms with E-state index in [1.54, 1.807) is 48.1 Å². The first kappa shape index (κ1) is 27.1. The van der Waals surface area contributed by atoms with Crippen LogP contribution in [-0.2, 0) is 6.42 Å². The maximum absolute atomic E-state index is 14.0. The quantitative estimate of drug-likeness (QED) is 0.177. The molecule has 1 aliphatic heterocycles. The van der Waals surface area contributed by atoms with Gasteiger partial charge < -0.3 is 9.47 Å². The second-order valence-corrected chi connectivity index (χ2v) is 11.7. The van der Waals surface area contributed by atoms with E-state index in [1.165, 1.54) is 16.9 Å². The Morgan fingerprint density at radius 1 is 0.930 bits per heavy atom. The smallest absolute Gasteiger partial charge is 0.343 e. The van der Waals surface area contributed by atoms with Crippen molar-refractivity contribution in [2.24, 2.45) is 4.99 Å². The van der Waals surface area contributed by atoms with Gasteiger partial charge in [0.05, 0.1) is 28.9 Å². The van der Waals surface area contributed by atoms with E-state index in [2.05, 4.69) is 18.2 Å². The number of ether oxygens (including phenoxy) is 2. The van der Waals surface area contributed by atoms with E-state index in [1.807, 2.05) is 48.5 Å². The monoisotopic (exact) mass is 604 g/mol. The summed E-state index contributed by atoms with van der Waals surface area (Å²) in [7, 11) is 1.57. The molecular formula is C35H25ClN2O4S. The molecule has 1 aliphatic carbocycles. The van der Waals surface area contributed by atoms with Gasteiger partial charge in [-0.05, 0) is 83.6 Å². The van der Waals surface area contributed by atoms with Gasteiger partial charge in [-0.3, -0.25) is 9.36 Å². The summed E-state index contributed by atoms with van der Waals surface area (Å²) < 4.78 is 13.0. The first-order valence-corrected chi connectivity index (χ1v) is 15.0. The number of halogens is 1. The lowest BCUT2D eigenvalue weighted by atomic mass is 9.83. The van der Waals surface area contributed by atoms with Crippen LogP contribution in [0.15, 0.2) is 112 Å². The number of rotatable bonds is 5. The van der Waals surface area contributed by atoms with E-state index in [0.29, 0.717) is 31.4 Å². The van der Waals surface area contributed by atoms with Crippen LogP contribution in [-0.4, -0.2) is 17.6 Å². The number of methoxy groups -OCH3 is 1. The molecule has 0 N–H and O–H groups in total. The normalized spacial score (nSPS) is 15.7. The number of nitrogens with zero attached hydrogens (tertiary/aromatic N) is 2. The fraction of sp³-hybridized carbons (Fsp3) is 0.114. The molecule has 0 amide bonds. The van der Waals surface area contributed by atoms with Crippen molar-refractivity contribution < 1.29 is 14.3 Å². The van der Waals surface area contributed by atoms with Gasteiger partial charge in [-0.15, -0.1) is 0 Å². The van der Waals surface area contributed by atoms with Crippen LogP contribution >= 0.6 is 22.9 Å². The highest BCUT2D eigenvalue weighted by Gasteiger charge is 2.33. The summed E-state index contributed by atoms with van der Waals surface area (Å²) in [6.07, 6.45) is 3.52. The Bertz CT molecular complexity index is 2090. The zero-order chi connectivity index (χ0) is 29.5. The van der Waals surface area contributed by atoms with Gasteiger partial charge in [-0.2, -0.15) is 0 Å². The first-order valence-electron chi connectivity index (χ1n) is 13.8. The standard InChI is InChI=1S/C35H25ClN2O4S/c1-41-24-17-12-23(13-18-24)34(40)42-25-15-10-21(11-16-25)20-30-33(39)38-32(27-8-4-5-9-29(27)36)28-19-14-22-6-2-3-7-26(22)31(28)37-35(38)43-30/h2-13,15-18,20,32H,14,19H2,1H3. The molecule has 8 heteroatoms. The van der Waals surface area contributed by atoms with Crippen LogP contribution < -0.4 is 24.4 Å². The first-order chi connectivity index (χ1) is 21.0. The predicted molar refractivity (Wildman–Crippen MR) is 169 cm³/mol. The van der Waals surface area contributed by atoms with E-state index < -0.39 is 5.97 Å². The van der Waals surface area contributed by atoms with Crippen molar-refractivity contribution in [1.82, 2.24) is 4.57 Å². The number of carbonyl (C=O) groups is 1. The summed E-state index contributed by atoms with van der Waals surface area (Å²) in [5, 5.41) is 0.620. The van der Waals surface area contributed by atoms with Crippen molar-refractivity contribution in [1.29, 1.82) is 0 Å². The number of benzene rings is 4. The summed E-state index contributed by atoms with van der Waals surface area (Å²) in [4.78, 5) is 32.2. The summed E-state index contributed by atoms with van der Waals surface area (Å²) in [5.41, 5.74) is 6.41. The molecule has 1 aromatic heterocycles. The Morgan fingerprint density at radius 3 is 2.42 bits per heavy atom. The molecule has 2 aliphatic rings. The molecule has 5 aromatic rings. The minimum absolute atomic E-state index is 0.117. The third-order valence-electron chi connectivity index (χ3n) is 7.79. The average Bonchev–Trinajstić information content (AvgIpc) is 3.35. The molecule has 0 saturated carbocycles. The number of esters is 1. The molecule has 0 saturated heterocycles. The van der Waals surface area contributed by atoms with Crippen molar-refractivity contribution in [2.45, 2.75) is 18.9 Å². The summed E-state index contributed by atoms with van der Waals surface area (Å²) >= 11 is 8.10. The molecule has 2 heterocycles. The molecular weight excluding hydrogens is 580 g/mol. The van der Waals surface area contributed by atoms with Crippen molar-refractivity contribution in [3.8, 4) is 11.5 Å². The Labute approximate surface area is 256 Å². The molecule has 6 nitrogen and oxygen atoms in total. The van der Waals surface area contributed by atoms with E-state index in [-0.39, 0.29) is 11.6 Å². The average molecular weight is 605 g/mol. The van der Waals surface area contributed by atoms with Crippen molar-refractivity contribution in [3.63, 3.8) is 0 Å². The number of hydrogen-bond acceptors (Lipinski definition) is 6. The molecule has 0 spiro atoms. The van der Waals surface area contributed by atoms with E-state index >= 15 is 0 Å². The van der Waals surface area contributed by atoms with Crippen LogP contribution in [0.3, 0.4) is 0 Å². The molecule has 7 rings (SSSR count). The lowest BCUT2D eigenvalue weighted by Crippen LogP contribution is -2.38. The molecule has 1 atom stereocenters. The van der Waals surface area contributed by atoms with Crippen LogP contribution in [0, 0.1) is 0 Å². The van der Waals surface area contributed by atoms with E-state index in [9.17, 15) is 9.59 Å². The minimum Gasteiger partial charge on any atom is -0.497 e. The molecule has 43 heavy (non-hydrogen) atoms. The minimum atomic E-state index is -0.464. The molecule has 212 valence electrons. The highest BCUT2D eigenvalue weighted by Crippen LogP contribution is 2.42. The number of hydrogen-bond donors (Lipinski definition) is 0. The van der Waals surface area contributed by atoms with Gasteiger partial charge in [0, 0.05) is 10.6 Å². The fourth-order valence-electron chi connectivity index (χ4n) is 5.67. The number of allylic oxidation sites excluding steroid dienone is 1. The maximum Gasteiger partial charge on any atom is 0.343 e. The second kappa shape index (κ2) is 11.2. The van der Waals surface area contributed by atoms with E-state index in [0.717, 1.165) is 40.8 Å². The third-order valence-corrected chi connectivity index (χ3v) is 9.11. The number of aromatic nitrogens is 1. The van der Waals surface area contributed by atoms with Gasteiger partial charge >= 0.3 is 5.97 Å². The zero-order valence-corrected chi connectivity index (χ0v) is 24.7. The highest BCUT2D eigenvalue weighted by atomic mass is 35.5. The maximum atomic E-state index is 14.0. The van der Waals surface area contributed by atoms with Gasteiger partial charge in [0.2, 0.25) is 0 Å². The summed E-state index contributed by atoms with van der Waals surface area (Å²) in [5.74, 6) is 0.604. The highest BCUT2D eigenvalue weighted by molar-refractivity contribution is 7.07. The Balaban J connectivity index is 1.26. The molecule has 1 unspecified atom stereocenters. The molecule has 0 fully saturated rings. The number of fused-ring (bicyclic) bond motifs is 3. The van der Waals surface area contributed by atoms with Crippen LogP contribution in [0.4, 0.5) is 0 Å². The summed E-state index contributed by atoms with van der Waals surface area (Å²) in [6.45, 7) is 0. The lowest BCUT2D eigenvalue weighted by molar-refractivity contribution is 0.0734. The second-order valence-electron chi connectivity index (χ2n) is 10.3. The third kappa shape index (κ3) is 5.01. The topological polar surface area (TPSA) is 69.9 Å². The SMILES string of the molecule is COc1ccc(C(=O)Oc2ccc(C=c3sc4n(c3=O)C(c3ccccc3Cl)C3=C(N=4)c4ccccc4CC3)cc2)cc1. The zero-order valence-electron chi connectivity index (χ0n) is 23.1. The molecule has 0 bridgehead atoms. The van der Waals surface area contributed by atoms with Gasteiger partial charge in [-0.1, -0.05) is 77.5 Å². The summed E-state index contributed by atoms with van der Waals surface area (Å²) in [6, 6.07) is 29.5. The largest absolute Gasteiger partial charge is 0.497 e. The van der Waals surface area contributed by atoms with Gasteiger partial charge in [0.25, 0.3) is 5.56 Å². The number of thiazole rings is 1. The Morgan fingerprint density at radius 2 is 1.65 bits per heavy atom. The van der Waals surface area contributed by atoms with Gasteiger partial charge in [0.1, 0.15) is 11.5 Å². The molecule has 4 aromatic carbocycles. The fourth-order valence-corrected chi connectivity index (χ4v) is 6.91. The van der Waals surface area contributed by atoms with Crippen LogP contribution in [0.2, 0.25) is 5.02 Å². The van der Waals surface area contributed by atoms with E-state index in [4.69, 9.17) is 26.1 Å². The van der Waals surface area contributed by atoms with Gasteiger partial charge in [-0.25, -0.2) is 9.79 Å². The number of aryl methyl sites for hydroxylation is 1. The van der Waals surface area contributed by atoms with Crippen molar-refractivity contribution in [2.75, 3.05) is 7.11 Å². The van der Waals surface area contributed by atoms with Gasteiger partial charge in [0.15, 0.2) is 4.80 Å². The Kier molecular flexibility index (Phi) is 7.05. The lowest BCUT2D eigenvalue weighted by Gasteiger charge is -2.31. The Hall–Kier alpha value is -4.72. The van der Waals surface area contributed by atoms with Crippen LogP contribution in [0.25, 0.3) is 11.8 Å². The van der Waals surface area contributed by atoms with Crippen LogP contribution in [0.1, 0.15) is 45.1 Å². The van der Waals surface area contributed by atoms with Crippen molar-refractivity contribution >= 4 is 40.7 Å². The molecule has 0 radical (unpaired) electrons. The van der Waals surface area contributed by atoms with Crippen LogP contribution in [0.5, 0.6) is 11.5 Å².